The van der Waals surface area contributed by atoms with E-state index < -0.39 is 28.5 Å². The van der Waals surface area contributed by atoms with Crippen LogP contribution in [0.2, 0.25) is 0 Å². The number of hydrogen-bond acceptors (Lipinski definition) is 7. The summed E-state index contributed by atoms with van der Waals surface area (Å²) in [5, 5.41) is 13.1. The van der Waals surface area contributed by atoms with Gasteiger partial charge in [0, 0.05) is 43.9 Å². The zero-order valence-electron chi connectivity index (χ0n) is 36.5. The first kappa shape index (κ1) is 42.5. The first-order valence-electron chi connectivity index (χ1n) is 21.5. The molecule has 0 aromatic heterocycles. The number of amides is 3. The van der Waals surface area contributed by atoms with E-state index in [4.69, 9.17) is 9.47 Å². The molecule has 1 heterocycles. The van der Waals surface area contributed by atoms with Crippen LogP contribution in [0, 0.1) is 50.7 Å². The molecule has 1 saturated heterocycles. The number of allylic oxidation sites excluding steroid dienone is 1. The third-order valence-electron chi connectivity index (χ3n) is 16.3. The van der Waals surface area contributed by atoms with Gasteiger partial charge < -0.3 is 29.7 Å². The highest BCUT2D eigenvalue weighted by molar-refractivity contribution is 5.92. The predicted octanol–water partition coefficient (Wildman–Crippen LogP) is 8.39. The fraction of sp³-hybridized carbons (Fsp3) is 0.844. The minimum Gasteiger partial charge on any atom is -0.481 e. The van der Waals surface area contributed by atoms with E-state index >= 15 is 0 Å². The van der Waals surface area contributed by atoms with Crippen molar-refractivity contribution in [1.29, 1.82) is 0 Å². The maximum absolute atomic E-state index is 14.2. The number of ketones is 1. The normalized spacial score (nSPS) is 36.9. The summed E-state index contributed by atoms with van der Waals surface area (Å²) in [5.74, 6) is -0.560. The highest BCUT2D eigenvalue weighted by Gasteiger charge is 2.69. The number of carbonyl (C=O) groups excluding carboxylic acids is 4. The van der Waals surface area contributed by atoms with Gasteiger partial charge in [0.25, 0.3) is 0 Å². The average Bonchev–Trinajstić information content (AvgIpc) is 3.37. The largest absolute Gasteiger partial charge is 0.481 e. The molecule has 56 heavy (non-hydrogen) atoms. The van der Waals surface area contributed by atoms with Crippen LogP contribution >= 0.6 is 0 Å². The second-order valence-corrected chi connectivity index (χ2v) is 21.9. The van der Waals surface area contributed by atoms with Crippen molar-refractivity contribution < 1.29 is 38.6 Å². The molecule has 0 radical (unpaired) electrons. The molecule has 0 aromatic carbocycles. The SMILES string of the molecule is CC(C)C1C(=O)C[C@]2(NC(=O)N3CCN(C(=O)OC(C)(C)C)CC3)CC[C@]3(C)C(=C12)CC[C@@H]1[C@@]2(C)CC[C@H](OC(=O)CC(C)(C)C(=O)O)C(C)(C)[C@@H]2CC[C@]13C. The second kappa shape index (κ2) is 14.0. The number of rotatable bonds is 6. The van der Waals surface area contributed by atoms with Crippen molar-refractivity contribution in [3.05, 3.63) is 11.1 Å². The van der Waals surface area contributed by atoms with Gasteiger partial charge in [-0.25, -0.2) is 9.59 Å². The number of esters is 1. The zero-order chi connectivity index (χ0) is 41.6. The van der Waals surface area contributed by atoms with Gasteiger partial charge in [0.1, 0.15) is 17.5 Å². The smallest absolute Gasteiger partial charge is 0.410 e. The summed E-state index contributed by atoms with van der Waals surface area (Å²) in [4.78, 5) is 69.4. The van der Waals surface area contributed by atoms with Gasteiger partial charge >= 0.3 is 24.1 Å². The van der Waals surface area contributed by atoms with Crippen molar-refractivity contribution in [2.24, 2.45) is 50.7 Å². The number of urea groups is 1. The fourth-order valence-electron chi connectivity index (χ4n) is 13.2. The molecule has 11 nitrogen and oxygen atoms in total. The van der Waals surface area contributed by atoms with Gasteiger partial charge in [-0.15, -0.1) is 0 Å². The highest BCUT2D eigenvalue weighted by Crippen LogP contribution is 2.75. The number of piperazine rings is 1. The molecular weight excluding hydrogens is 711 g/mol. The lowest BCUT2D eigenvalue weighted by Crippen LogP contribution is -2.65. The van der Waals surface area contributed by atoms with E-state index in [1.54, 1.807) is 23.6 Å². The molecule has 0 aromatic rings. The van der Waals surface area contributed by atoms with Gasteiger partial charge in [-0.1, -0.05) is 54.0 Å². The lowest BCUT2D eigenvalue weighted by molar-refractivity contribution is -0.214. The molecule has 8 atom stereocenters. The molecule has 5 fully saturated rings. The number of carboxylic acid groups (broad SMARTS) is 1. The van der Waals surface area contributed by atoms with Crippen LogP contribution in [0.3, 0.4) is 0 Å². The molecule has 1 unspecified atom stereocenters. The van der Waals surface area contributed by atoms with Gasteiger partial charge in [0.05, 0.1) is 17.4 Å². The maximum atomic E-state index is 14.2. The minimum atomic E-state index is -1.18. The Bertz CT molecular complexity index is 1670. The summed E-state index contributed by atoms with van der Waals surface area (Å²) in [5.41, 5.74) is -0.289. The highest BCUT2D eigenvalue weighted by atomic mass is 16.6. The number of ether oxygens (including phenoxy) is 2. The average molecular weight is 782 g/mol. The molecule has 6 rings (SSSR count). The van der Waals surface area contributed by atoms with E-state index in [0.29, 0.717) is 44.4 Å². The van der Waals surface area contributed by atoms with Crippen molar-refractivity contribution in [3.63, 3.8) is 0 Å². The summed E-state index contributed by atoms with van der Waals surface area (Å²) in [7, 11) is 0. The van der Waals surface area contributed by atoms with Crippen LogP contribution in [-0.4, -0.2) is 88.2 Å². The van der Waals surface area contributed by atoms with Gasteiger partial charge in [-0.05, 0) is 126 Å². The number of hydrogen-bond donors (Lipinski definition) is 2. The molecule has 2 N–H and O–H groups in total. The molecule has 0 spiro atoms. The van der Waals surface area contributed by atoms with Gasteiger partial charge in [-0.3, -0.25) is 14.4 Å². The third kappa shape index (κ3) is 6.86. The lowest BCUT2D eigenvalue weighted by Gasteiger charge is -2.70. The van der Waals surface area contributed by atoms with Crippen molar-refractivity contribution in [2.45, 2.75) is 165 Å². The molecule has 6 aliphatic rings. The molecule has 5 aliphatic carbocycles. The second-order valence-electron chi connectivity index (χ2n) is 21.9. The van der Waals surface area contributed by atoms with Crippen LogP contribution in [0.4, 0.5) is 9.59 Å². The number of fused-ring (bicyclic) bond motifs is 6. The van der Waals surface area contributed by atoms with E-state index in [0.717, 1.165) is 51.4 Å². The molecule has 4 saturated carbocycles. The Morgan fingerprint density at radius 1 is 0.857 bits per heavy atom. The van der Waals surface area contributed by atoms with E-state index in [1.807, 2.05) is 20.8 Å². The Labute approximate surface area is 335 Å². The molecule has 0 bridgehead atoms. The molecular formula is C45H71N3O8. The van der Waals surface area contributed by atoms with E-state index in [-0.39, 0.29) is 63.9 Å². The van der Waals surface area contributed by atoms with Crippen LogP contribution in [0.5, 0.6) is 0 Å². The quantitative estimate of drug-likeness (QED) is 0.202. The Morgan fingerprint density at radius 2 is 1.48 bits per heavy atom. The third-order valence-corrected chi connectivity index (χ3v) is 16.3. The van der Waals surface area contributed by atoms with Crippen LogP contribution < -0.4 is 5.32 Å². The lowest BCUT2D eigenvalue weighted by atomic mass is 9.34. The van der Waals surface area contributed by atoms with Crippen molar-refractivity contribution in [3.8, 4) is 0 Å². The first-order valence-corrected chi connectivity index (χ1v) is 21.5. The zero-order valence-corrected chi connectivity index (χ0v) is 36.5. The molecule has 314 valence electrons. The number of carboxylic acids is 1. The van der Waals surface area contributed by atoms with Crippen LogP contribution in [-0.2, 0) is 23.9 Å². The summed E-state index contributed by atoms with van der Waals surface area (Å²) < 4.78 is 11.7. The minimum absolute atomic E-state index is 0.0199. The Morgan fingerprint density at radius 3 is 2.07 bits per heavy atom. The van der Waals surface area contributed by atoms with E-state index in [9.17, 15) is 29.1 Å². The van der Waals surface area contributed by atoms with Crippen molar-refractivity contribution in [2.75, 3.05) is 26.2 Å². The van der Waals surface area contributed by atoms with Gasteiger partial charge in [0.2, 0.25) is 0 Å². The summed E-state index contributed by atoms with van der Waals surface area (Å²) in [6.45, 7) is 26.6. The number of Topliss-reactive ketones (excluding diaryl/α,β-unsaturated/α-hetero) is 1. The van der Waals surface area contributed by atoms with Crippen molar-refractivity contribution in [1.82, 2.24) is 15.1 Å². The predicted molar refractivity (Wildman–Crippen MR) is 214 cm³/mol. The maximum Gasteiger partial charge on any atom is 0.410 e. The standard InChI is InChI=1S/C45H71N3O8/c1-27(2)34-29(49)25-45(46-37(53)47-21-23-48(24-22-47)38(54)56-39(3,4)5)20-19-43(11)28(35(34)45)13-14-31-42(10)17-16-32(55-33(50)26-40(6,7)36(51)52)41(8,9)30(42)15-18-44(31,43)12/h27,30-32,34H,13-26H2,1-12H3,(H,46,53)(H,51,52)/t30-,31+,32-,34?,42-,43+,44+,45+/m0/s1. The van der Waals surface area contributed by atoms with Gasteiger partial charge in [0.15, 0.2) is 0 Å². The number of nitrogens with zero attached hydrogens (tertiary/aromatic N) is 2. The Balaban J connectivity index is 1.25. The van der Waals surface area contributed by atoms with Crippen LogP contribution in [0.15, 0.2) is 11.1 Å². The molecule has 1 aliphatic heterocycles. The number of nitrogens with one attached hydrogen (secondary N) is 1. The summed E-state index contributed by atoms with van der Waals surface area (Å²) >= 11 is 0. The number of aliphatic carboxylic acids is 1. The Hall–Kier alpha value is -3.11. The van der Waals surface area contributed by atoms with Gasteiger partial charge in [-0.2, -0.15) is 0 Å². The van der Waals surface area contributed by atoms with Crippen molar-refractivity contribution >= 4 is 29.8 Å². The number of carbonyl (C=O) groups is 5. The van der Waals surface area contributed by atoms with Crippen LogP contribution in [0.25, 0.3) is 0 Å². The van der Waals surface area contributed by atoms with E-state index in [2.05, 4.69) is 53.8 Å². The summed E-state index contributed by atoms with van der Waals surface area (Å²) in [6, 6.07) is -0.160. The molecule has 11 heteroatoms. The monoisotopic (exact) mass is 782 g/mol. The van der Waals surface area contributed by atoms with Crippen LogP contribution in [0.1, 0.15) is 147 Å². The Kier molecular flexibility index (Phi) is 10.6. The fourth-order valence-corrected chi connectivity index (χ4v) is 13.2. The first-order chi connectivity index (χ1) is 25.7. The molecule has 3 amide bonds. The van der Waals surface area contributed by atoms with E-state index in [1.165, 1.54) is 11.1 Å². The topological polar surface area (TPSA) is 143 Å². The summed E-state index contributed by atoms with van der Waals surface area (Å²) in [6.07, 6.45) is 6.81.